The molecule has 10 nitrogen and oxygen atoms in total. The van der Waals surface area contributed by atoms with Crippen molar-refractivity contribution in [2.45, 2.75) is 37.8 Å². The molecule has 3 amide bonds. The van der Waals surface area contributed by atoms with Crippen LogP contribution in [0.1, 0.15) is 25.7 Å². The van der Waals surface area contributed by atoms with Gasteiger partial charge in [0.25, 0.3) is 0 Å². The summed E-state index contributed by atoms with van der Waals surface area (Å²) >= 11 is 0. The molecule has 1 fully saturated rings. The fourth-order valence-electron chi connectivity index (χ4n) is 4.70. The van der Waals surface area contributed by atoms with Crippen LogP contribution in [0, 0.1) is 23.3 Å². The number of hydrogen-bond donors (Lipinski definition) is 3. The first-order valence-electron chi connectivity index (χ1n) is 13.1. The third kappa shape index (κ3) is 7.08. The van der Waals surface area contributed by atoms with E-state index in [9.17, 15) is 46.6 Å². The number of piperidine rings is 1. The van der Waals surface area contributed by atoms with Crippen LogP contribution in [0.5, 0.6) is 5.75 Å². The molecule has 3 aromatic carbocycles. The molecular formula is C29H25F4N3O7. The fraction of sp³-hybridized carbons (Fsp3) is 0.276. The highest BCUT2D eigenvalue weighted by atomic mass is 19.2. The van der Waals surface area contributed by atoms with Crippen molar-refractivity contribution in [2.24, 2.45) is 0 Å². The monoisotopic (exact) mass is 603 g/mol. The van der Waals surface area contributed by atoms with E-state index in [1.807, 2.05) is 18.2 Å². The lowest BCUT2D eigenvalue weighted by Gasteiger charge is -2.34. The Labute approximate surface area is 241 Å². The van der Waals surface area contributed by atoms with Crippen molar-refractivity contribution in [3.8, 4) is 5.75 Å². The number of fused-ring (bicyclic) bond motifs is 1. The molecule has 0 saturated carbocycles. The number of carbonyl (C=O) groups excluding carboxylic acids is 4. The summed E-state index contributed by atoms with van der Waals surface area (Å²) < 4.78 is 59.3. The number of amides is 3. The second-order valence-corrected chi connectivity index (χ2v) is 9.70. The lowest BCUT2D eigenvalue weighted by Crippen LogP contribution is -2.57. The Morgan fingerprint density at radius 2 is 1.63 bits per heavy atom. The summed E-state index contributed by atoms with van der Waals surface area (Å²) in [5.74, 6) is -14.7. The van der Waals surface area contributed by atoms with Gasteiger partial charge in [-0.25, -0.2) is 8.78 Å². The molecular weight excluding hydrogens is 578 g/mol. The Bertz CT molecular complexity index is 1570. The predicted octanol–water partition coefficient (Wildman–Crippen LogP) is 3.32. The molecule has 0 aliphatic carbocycles. The van der Waals surface area contributed by atoms with Gasteiger partial charge >= 0.3 is 17.8 Å². The van der Waals surface area contributed by atoms with Gasteiger partial charge in [0.2, 0.25) is 17.5 Å². The number of nitrogens with one attached hydrogen (secondary N) is 2. The van der Waals surface area contributed by atoms with Crippen molar-refractivity contribution in [2.75, 3.05) is 18.5 Å². The van der Waals surface area contributed by atoms with Gasteiger partial charge in [-0.3, -0.25) is 24.0 Å². The summed E-state index contributed by atoms with van der Waals surface area (Å²) in [4.78, 5) is 64.4. The highest BCUT2D eigenvalue weighted by Crippen LogP contribution is 2.27. The molecule has 0 bridgehead atoms. The first kappa shape index (κ1) is 30.9. The van der Waals surface area contributed by atoms with Crippen molar-refractivity contribution in [1.82, 2.24) is 10.2 Å². The Hall–Kier alpha value is -5.01. The van der Waals surface area contributed by atoms with Crippen LogP contribution in [-0.2, 0) is 24.0 Å². The number of ether oxygens (including phenoxy) is 1. The Morgan fingerprint density at radius 3 is 2.33 bits per heavy atom. The molecule has 226 valence electrons. The average molecular weight is 604 g/mol. The highest BCUT2D eigenvalue weighted by molar-refractivity contribution is 6.40. The van der Waals surface area contributed by atoms with Gasteiger partial charge in [-0.1, -0.05) is 36.4 Å². The number of rotatable bonds is 9. The van der Waals surface area contributed by atoms with Crippen molar-refractivity contribution in [1.29, 1.82) is 0 Å². The average Bonchev–Trinajstić information content (AvgIpc) is 2.99. The van der Waals surface area contributed by atoms with Gasteiger partial charge in [-0.15, -0.1) is 0 Å². The number of benzene rings is 3. The smallest absolute Gasteiger partial charge is 0.313 e. The molecule has 4 rings (SSSR count). The maximum absolute atomic E-state index is 13.9. The molecule has 3 aromatic rings. The molecule has 0 radical (unpaired) electrons. The highest BCUT2D eigenvalue weighted by Gasteiger charge is 2.37. The van der Waals surface area contributed by atoms with Gasteiger partial charge in [0.15, 0.2) is 23.2 Å². The first-order valence-corrected chi connectivity index (χ1v) is 13.1. The Kier molecular flexibility index (Phi) is 9.58. The molecule has 1 unspecified atom stereocenters. The van der Waals surface area contributed by atoms with Gasteiger partial charge in [0.05, 0.1) is 6.42 Å². The largest absolute Gasteiger partial charge is 0.481 e. The van der Waals surface area contributed by atoms with Gasteiger partial charge < -0.3 is 25.4 Å². The van der Waals surface area contributed by atoms with E-state index in [1.54, 1.807) is 24.3 Å². The van der Waals surface area contributed by atoms with E-state index in [0.29, 0.717) is 23.9 Å². The van der Waals surface area contributed by atoms with Crippen LogP contribution in [0.2, 0.25) is 0 Å². The number of aliphatic carboxylic acids is 1. The van der Waals surface area contributed by atoms with Crippen molar-refractivity contribution in [3.63, 3.8) is 0 Å². The first-order chi connectivity index (χ1) is 20.5. The maximum atomic E-state index is 13.9. The maximum Gasteiger partial charge on any atom is 0.313 e. The van der Waals surface area contributed by atoms with Crippen LogP contribution in [0.4, 0.5) is 23.2 Å². The molecule has 0 aromatic heterocycles. The third-order valence-corrected chi connectivity index (χ3v) is 6.81. The summed E-state index contributed by atoms with van der Waals surface area (Å²) in [7, 11) is 0. The number of nitrogens with zero attached hydrogens (tertiary/aromatic N) is 1. The normalized spacial score (nSPS) is 15.4. The number of likely N-dealkylation sites (tertiary alicyclic amines) is 1. The minimum Gasteiger partial charge on any atom is -0.481 e. The molecule has 2 atom stereocenters. The number of ketones is 1. The van der Waals surface area contributed by atoms with Crippen molar-refractivity contribution >= 4 is 45.9 Å². The van der Waals surface area contributed by atoms with E-state index >= 15 is 0 Å². The van der Waals surface area contributed by atoms with E-state index in [1.165, 1.54) is 0 Å². The molecule has 1 saturated heterocycles. The SMILES string of the molecule is O=C(O)C[C@H](NC(=O)C1CCCCN1C(=O)C(=O)Nc1cccc2ccccc12)C(=O)COc1c(F)c(F)cc(F)c1F. The molecule has 0 spiro atoms. The van der Waals surface area contributed by atoms with Crippen LogP contribution in [0.15, 0.2) is 48.5 Å². The molecule has 1 heterocycles. The summed E-state index contributed by atoms with van der Waals surface area (Å²) in [6, 6.07) is 9.13. The van der Waals surface area contributed by atoms with Crippen LogP contribution in [0.3, 0.4) is 0 Å². The van der Waals surface area contributed by atoms with E-state index in [2.05, 4.69) is 15.4 Å². The predicted molar refractivity (Wildman–Crippen MR) is 143 cm³/mol. The minimum absolute atomic E-state index is 0.0181. The molecule has 14 heteroatoms. The van der Waals surface area contributed by atoms with Gasteiger partial charge in [-0.2, -0.15) is 8.78 Å². The lowest BCUT2D eigenvalue weighted by atomic mass is 10.00. The zero-order chi connectivity index (χ0) is 31.3. The zero-order valence-corrected chi connectivity index (χ0v) is 22.4. The second-order valence-electron chi connectivity index (χ2n) is 9.70. The molecule has 3 N–H and O–H groups in total. The zero-order valence-electron chi connectivity index (χ0n) is 22.4. The minimum atomic E-state index is -1.91. The van der Waals surface area contributed by atoms with E-state index in [-0.39, 0.29) is 19.0 Å². The lowest BCUT2D eigenvalue weighted by molar-refractivity contribution is -0.149. The van der Waals surface area contributed by atoms with Crippen molar-refractivity contribution < 1.29 is 51.4 Å². The van der Waals surface area contributed by atoms with Crippen LogP contribution in [0.25, 0.3) is 10.8 Å². The summed E-state index contributed by atoms with van der Waals surface area (Å²) in [5.41, 5.74) is 0.368. The number of Topliss-reactive ketones (excluding diaryl/α,β-unsaturated/α-hetero) is 1. The topological polar surface area (TPSA) is 142 Å². The van der Waals surface area contributed by atoms with Crippen LogP contribution in [-0.4, -0.2) is 64.7 Å². The number of carboxylic acids is 1. The Morgan fingerprint density at radius 1 is 0.953 bits per heavy atom. The van der Waals surface area contributed by atoms with Gasteiger partial charge in [0.1, 0.15) is 18.7 Å². The number of hydrogen-bond acceptors (Lipinski definition) is 6. The number of halogens is 4. The Balaban J connectivity index is 1.46. The van der Waals surface area contributed by atoms with Gasteiger partial charge in [-0.05, 0) is 30.7 Å². The standard InChI is InChI=1S/C29H25F4N3O7/c30-17-12-18(31)25(33)26(24(17)32)43-14-22(37)20(13-23(38)39)35-27(40)21-10-3-4-11-36(21)29(42)28(41)34-19-9-5-7-15-6-1-2-8-16(15)19/h1-2,5-9,12,20-21H,3-4,10-11,13-14H2,(H,34,41)(H,35,40)(H,38,39)/t20-,21?/m0/s1. The van der Waals surface area contributed by atoms with Crippen LogP contribution < -0.4 is 15.4 Å². The quantitative estimate of drug-likeness (QED) is 0.194. The summed E-state index contributed by atoms with van der Waals surface area (Å²) in [6.45, 7) is -1.24. The molecule has 1 aliphatic rings. The van der Waals surface area contributed by atoms with Crippen molar-refractivity contribution in [3.05, 3.63) is 71.8 Å². The summed E-state index contributed by atoms with van der Waals surface area (Å²) in [6.07, 6.45) is 0.0299. The van der Waals surface area contributed by atoms with E-state index < -0.39 is 83.6 Å². The van der Waals surface area contributed by atoms with E-state index in [4.69, 9.17) is 0 Å². The molecule has 43 heavy (non-hydrogen) atoms. The van der Waals surface area contributed by atoms with Gasteiger partial charge in [0, 0.05) is 23.7 Å². The number of carboxylic acid groups (broad SMARTS) is 1. The van der Waals surface area contributed by atoms with E-state index in [0.717, 1.165) is 10.3 Å². The van der Waals surface area contributed by atoms with Crippen LogP contribution >= 0.6 is 0 Å². The second kappa shape index (κ2) is 13.3. The third-order valence-electron chi connectivity index (χ3n) is 6.81. The molecule has 1 aliphatic heterocycles. The number of anilines is 1. The summed E-state index contributed by atoms with van der Waals surface area (Å²) in [5, 5.41) is 15.5. The number of carbonyl (C=O) groups is 5. The fourth-order valence-corrected chi connectivity index (χ4v) is 4.70.